The van der Waals surface area contributed by atoms with E-state index in [1.165, 1.54) is 35.0 Å². The number of aromatic nitrogens is 1. The minimum absolute atomic E-state index is 0.563. The molecule has 2 nitrogen and oxygen atoms in total. The Kier molecular flexibility index (Phi) is 5.14. The molecule has 0 bridgehead atoms. The van der Waals surface area contributed by atoms with Crippen molar-refractivity contribution in [2.45, 2.75) is 45.6 Å². The minimum Gasteiger partial charge on any atom is -0.314 e. The maximum atomic E-state index is 4.58. The van der Waals surface area contributed by atoms with E-state index in [4.69, 9.17) is 0 Å². The van der Waals surface area contributed by atoms with Crippen molar-refractivity contribution in [1.82, 2.24) is 10.3 Å². The molecule has 2 heterocycles. The molecule has 0 fully saturated rings. The minimum atomic E-state index is 0.563. The standard InChI is InChI=1S/C15H22N2S/c1-3-5-12(16-8-4-2)11-14-13-7-10-18-15(13)6-9-17-14/h6-7,9-10,12,16H,3-5,8,11H2,1-2H3. The van der Waals surface area contributed by atoms with Crippen LogP contribution in [0.3, 0.4) is 0 Å². The van der Waals surface area contributed by atoms with Gasteiger partial charge in [0.1, 0.15) is 0 Å². The van der Waals surface area contributed by atoms with Crippen LogP contribution >= 0.6 is 11.3 Å². The van der Waals surface area contributed by atoms with Crippen LogP contribution in [0.25, 0.3) is 10.1 Å². The molecule has 1 unspecified atom stereocenters. The second-order valence-electron chi connectivity index (χ2n) is 4.73. The lowest BCUT2D eigenvalue weighted by atomic mass is 10.0. The Hall–Kier alpha value is -0.930. The Morgan fingerprint density at radius 2 is 2.17 bits per heavy atom. The molecule has 0 saturated carbocycles. The van der Waals surface area contributed by atoms with Gasteiger partial charge in [0.25, 0.3) is 0 Å². The first-order chi connectivity index (χ1) is 8.85. The van der Waals surface area contributed by atoms with E-state index in [0.717, 1.165) is 13.0 Å². The molecule has 2 aromatic rings. The van der Waals surface area contributed by atoms with Crippen molar-refractivity contribution < 1.29 is 0 Å². The Morgan fingerprint density at radius 1 is 1.28 bits per heavy atom. The fourth-order valence-corrected chi connectivity index (χ4v) is 3.13. The van der Waals surface area contributed by atoms with E-state index in [1.54, 1.807) is 11.3 Å². The van der Waals surface area contributed by atoms with Crippen LogP contribution in [0.4, 0.5) is 0 Å². The van der Waals surface area contributed by atoms with Crippen LogP contribution < -0.4 is 5.32 Å². The highest BCUT2D eigenvalue weighted by atomic mass is 32.1. The average Bonchev–Trinajstić information content (AvgIpc) is 2.85. The third kappa shape index (κ3) is 3.30. The quantitative estimate of drug-likeness (QED) is 0.815. The summed E-state index contributed by atoms with van der Waals surface area (Å²) in [6, 6.07) is 4.87. The number of fused-ring (bicyclic) bond motifs is 1. The molecule has 0 aliphatic rings. The molecule has 1 atom stereocenters. The van der Waals surface area contributed by atoms with Gasteiger partial charge in [0.15, 0.2) is 0 Å². The molecule has 18 heavy (non-hydrogen) atoms. The maximum absolute atomic E-state index is 4.58. The fraction of sp³-hybridized carbons (Fsp3) is 0.533. The monoisotopic (exact) mass is 262 g/mol. The van der Waals surface area contributed by atoms with Gasteiger partial charge in [-0.15, -0.1) is 11.3 Å². The van der Waals surface area contributed by atoms with Crippen LogP contribution in [0.5, 0.6) is 0 Å². The van der Waals surface area contributed by atoms with Crippen LogP contribution in [0.2, 0.25) is 0 Å². The molecular formula is C15H22N2S. The highest BCUT2D eigenvalue weighted by Crippen LogP contribution is 2.23. The molecule has 0 aromatic carbocycles. The molecule has 2 aromatic heterocycles. The summed E-state index contributed by atoms with van der Waals surface area (Å²) in [7, 11) is 0. The van der Waals surface area contributed by atoms with E-state index >= 15 is 0 Å². The number of thiophene rings is 1. The summed E-state index contributed by atoms with van der Waals surface area (Å²) in [5, 5.41) is 7.13. The Bertz CT molecular complexity index is 478. The summed E-state index contributed by atoms with van der Waals surface area (Å²) >= 11 is 1.80. The Balaban J connectivity index is 2.12. The van der Waals surface area contributed by atoms with Crippen molar-refractivity contribution in [2.75, 3.05) is 6.54 Å². The molecule has 0 amide bonds. The van der Waals surface area contributed by atoms with Crippen molar-refractivity contribution in [2.24, 2.45) is 0 Å². The number of hydrogen-bond acceptors (Lipinski definition) is 3. The second-order valence-corrected chi connectivity index (χ2v) is 5.68. The number of rotatable bonds is 7. The van der Waals surface area contributed by atoms with Gasteiger partial charge in [-0.05, 0) is 36.9 Å². The van der Waals surface area contributed by atoms with Crippen molar-refractivity contribution in [1.29, 1.82) is 0 Å². The lowest BCUT2D eigenvalue weighted by Gasteiger charge is -2.17. The van der Waals surface area contributed by atoms with Gasteiger partial charge in [0.2, 0.25) is 0 Å². The van der Waals surface area contributed by atoms with Crippen molar-refractivity contribution in [3.8, 4) is 0 Å². The van der Waals surface area contributed by atoms with Crippen LogP contribution in [0.1, 0.15) is 38.8 Å². The van der Waals surface area contributed by atoms with Crippen molar-refractivity contribution >= 4 is 21.4 Å². The summed E-state index contributed by atoms with van der Waals surface area (Å²) in [5.74, 6) is 0. The summed E-state index contributed by atoms with van der Waals surface area (Å²) in [5.41, 5.74) is 1.25. The van der Waals surface area contributed by atoms with Crippen molar-refractivity contribution in [3.63, 3.8) is 0 Å². The predicted molar refractivity (Wildman–Crippen MR) is 80.3 cm³/mol. The van der Waals surface area contributed by atoms with Gasteiger partial charge in [-0.2, -0.15) is 0 Å². The average molecular weight is 262 g/mol. The van der Waals surface area contributed by atoms with E-state index in [0.29, 0.717) is 6.04 Å². The molecule has 0 aliphatic heterocycles. The normalized spacial score (nSPS) is 13.0. The van der Waals surface area contributed by atoms with Crippen LogP contribution in [0.15, 0.2) is 23.7 Å². The van der Waals surface area contributed by atoms with Gasteiger partial charge in [0, 0.05) is 28.7 Å². The first kappa shape index (κ1) is 13.5. The molecule has 0 saturated heterocycles. The number of nitrogens with one attached hydrogen (secondary N) is 1. The zero-order chi connectivity index (χ0) is 12.8. The zero-order valence-electron chi connectivity index (χ0n) is 11.3. The molecule has 1 N–H and O–H groups in total. The molecule has 0 spiro atoms. The number of pyridine rings is 1. The van der Waals surface area contributed by atoms with Gasteiger partial charge in [0.05, 0.1) is 5.69 Å². The van der Waals surface area contributed by atoms with Gasteiger partial charge in [-0.25, -0.2) is 0 Å². The van der Waals surface area contributed by atoms with Crippen LogP contribution in [0, 0.1) is 0 Å². The SMILES string of the molecule is CCCNC(CCC)Cc1nccc2sccc12. The van der Waals surface area contributed by atoms with Gasteiger partial charge < -0.3 is 5.32 Å². The summed E-state index contributed by atoms with van der Waals surface area (Å²) in [4.78, 5) is 4.58. The molecule has 0 aliphatic carbocycles. The lowest BCUT2D eigenvalue weighted by Crippen LogP contribution is -2.32. The largest absolute Gasteiger partial charge is 0.314 e. The van der Waals surface area contributed by atoms with Gasteiger partial charge in [-0.1, -0.05) is 20.3 Å². The molecule has 3 heteroatoms. The predicted octanol–water partition coefficient (Wildman–Crippen LogP) is 4.01. The third-order valence-corrected chi connectivity index (χ3v) is 4.10. The molecular weight excluding hydrogens is 240 g/mol. The Morgan fingerprint density at radius 3 is 2.94 bits per heavy atom. The summed E-state index contributed by atoms with van der Waals surface area (Å²) < 4.78 is 1.35. The topological polar surface area (TPSA) is 24.9 Å². The van der Waals surface area contributed by atoms with E-state index in [-0.39, 0.29) is 0 Å². The first-order valence-corrected chi connectivity index (χ1v) is 7.77. The maximum Gasteiger partial charge on any atom is 0.0505 e. The zero-order valence-corrected chi connectivity index (χ0v) is 12.1. The molecule has 0 radical (unpaired) electrons. The van der Waals surface area contributed by atoms with E-state index in [9.17, 15) is 0 Å². The number of hydrogen-bond donors (Lipinski definition) is 1. The fourth-order valence-electron chi connectivity index (χ4n) is 2.32. The van der Waals surface area contributed by atoms with Crippen LogP contribution in [-0.2, 0) is 6.42 Å². The molecule has 98 valence electrons. The second kappa shape index (κ2) is 6.86. The van der Waals surface area contributed by atoms with Crippen LogP contribution in [-0.4, -0.2) is 17.6 Å². The third-order valence-electron chi connectivity index (χ3n) is 3.22. The van der Waals surface area contributed by atoms with Gasteiger partial charge in [-0.3, -0.25) is 4.98 Å². The molecule has 2 rings (SSSR count). The Labute approximate surface area is 113 Å². The first-order valence-electron chi connectivity index (χ1n) is 6.89. The number of nitrogens with zero attached hydrogens (tertiary/aromatic N) is 1. The van der Waals surface area contributed by atoms with Crippen molar-refractivity contribution in [3.05, 3.63) is 29.4 Å². The van der Waals surface area contributed by atoms with Gasteiger partial charge >= 0.3 is 0 Å². The van der Waals surface area contributed by atoms with E-state index in [1.807, 2.05) is 6.20 Å². The highest BCUT2D eigenvalue weighted by Gasteiger charge is 2.11. The highest BCUT2D eigenvalue weighted by molar-refractivity contribution is 7.17. The summed E-state index contributed by atoms with van der Waals surface area (Å²) in [6.07, 6.45) is 6.62. The smallest absolute Gasteiger partial charge is 0.0505 e. The van der Waals surface area contributed by atoms with E-state index < -0.39 is 0 Å². The lowest BCUT2D eigenvalue weighted by molar-refractivity contribution is 0.470. The van der Waals surface area contributed by atoms with E-state index in [2.05, 4.69) is 41.7 Å². The summed E-state index contributed by atoms with van der Waals surface area (Å²) in [6.45, 7) is 5.57.